The SMILES string of the molecule is CCCN(C(C)C)S(=O)(=O)C1CCCC1C(=O)O. The van der Waals surface area contributed by atoms with E-state index in [2.05, 4.69) is 0 Å². The van der Waals surface area contributed by atoms with Crippen molar-refractivity contribution < 1.29 is 18.3 Å². The first-order chi connectivity index (χ1) is 8.32. The van der Waals surface area contributed by atoms with E-state index in [1.807, 2.05) is 20.8 Å². The Morgan fingerprint density at radius 3 is 2.44 bits per heavy atom. The summed E-state index contributed by atoms with van der Waals surface area (Å²) >= 11 is 0. The Kier molecular flexibility index (Phi) is 5.16. The molecule has 106 valence electrons. The van der Waals surface area contributed by atoms with Crippen LogP contribution in [0.1, 0.15) is 46.5 Å². The number of carboxylic acid groups (broad SMARTS) is 1. The molecule has 1 saturated carbocycles. The van der Waals surface area contributed by atoms with Crippen molar-refractivity contribution in [3.63, 3.8) is 0 Å². The second-order valence-corrected chi connectivity index (χ2v) is 7.27. The topological polar surface area (TPSA) is 74.7 Å². The van der Waals surface area contributed by atoms with Gasteiger partial charge in [0.15, 0.2) is 0 Å². The molecule has 1 rings (SSSR count). The maximum atomic E-state index is 12.5. The van der Waals surface area contributed by atoms with E-state index in [9.17, 15) is 13.2 Å². The maximum absolute atomic E-state index is 12.5. The molecule has 0 amide bonds. The van der Waals surface area contributed by atoms with Crippen molar-refractivity contribution in [1.82, 2.24) is 4.31 Å². The highest BCUT2D eigenvalue weighted by atomic mass is 32.2. The Morgan fingerprint density at radius 1 is 1.39 bits per heavy atom. The summed E-state index contributed by atoms with van der Waals surface area (Å²) < 4.78 is 26.5. The number of hydrogen-bond donors (Lipinski definition) is 1. The highest BCUT2D eigenvalue weighted by molar-refractivity contribution is 7.89. The van der Waals surface area contributed by atoms with Gasteiger partial charge in [-0.25, -0.2) is 8.42 Å². The van der Waals surface area contributed by atoms with Crippen LogP contribution >= 0.6 is 0 Å². The first kappa shape index (κ1) is 15.4. The number of sulfonamides is 1. The largest absolute Gasteiger partial charge is 0.481 e. The van der Waals surface area contributed by atoms with Crippen LogP contribution in [0, 0.1) is 5.92 Å². The average molecular weight is 277 g/mol. The summed E-state index contributed by atoms with van der Waals surface area (Å²) in [7, 11) is -3.50. The molecule has 18 heavy (non-hydrogen) atoms. The minimum absolute atomic E-state index is 0.120. The number of hydrogen-bond acceptors (Lipinski definition) is 3. The molecule has 1 aliphatic rings. The summed E-state index contributed by atoms with van der Waals surface area (Å²) in [6, 6.07) is -0.120. The summed E-state index contributed by atoms with van der Waals surface area (Å²) in [4.78, 5) is 11.1. The van der Waals surface area contributed by atoms with E-state index in [0.29, 0.717) is 25.8 Å². The van der Waals surface area contributed by atoms with E-state index in [1.165, 1.54) is 4.31 Å². The van der Waals surface area contributed by atoms with Crippen LogP contribution < -0.4 is 0 Å². The predicted molar refractivity (Wildman–Crippen MR) is 69.8 cm³/mol. The van der Waals surface area contributed by atoms with Gasteiger partial charge >= 0.3 is 5.97 Å². The third kappa shape index (κ3) is 3.03. The van der Waals surface area contributed by atoms with Gasteiger partial charge in [-0.1, -0.05) is 13.3 Å². The molecule has 1 aliphatic carbocycles. The summed E-state index contributed by atoms with van der Waals surface area (Å²) in [6.07, 6.45) is 2.35. The summed E-state index contributed by atoms with van der Waals surface area (Å²) in [5.41, 5.74) is 0. The molecule has 0 aliphatic heterocycles. The first-order valence-electron chi connectivity index (χ1n) is 6.55. The van der Waals surface area contributed by atoms with Crippen molar-refractivity contribution in [2.24, 2.45) is 5.92 Å². The second kappa shape index (κ2) is 6.02. The van der Waals surface area contributed by atoms with Crippen molar-refractivity contribution in [1.29, 1.82) is 0 Å². The zero-order valence-electron chi connectivity index (χ0n) is 11.3. The lowest BCUT2D eigenvalue weighted by molar-refractivity contribution is -0.141. The number of carbonyl (C=O) groups is 1. The van der Waals surface area contributed by atoms with Gasteiger partial charge in [-0.15, -0.1) is 0 Å². The highest BCUT2D eigenvalue weighted by Gasteiger charge is 2.44. The molecule has 0 spiro atoms. The summed E-state index contributed by atoms with van der Waals surface area (Å²) in [5.74, 6) is -1.73. The quantitative estimate of drug-likeness (QED) is 0.801. The van der Waals surface area contributed by atoms with E-state index < -0.39 is 27.2 Å². The zero-order valence-corrected chi connectivity index (χ0v) is 12.1. The van der Waals surface area contributed by atoms with Gasteiger partial charge in [-0.05, 0) is 33.1 Å². The maximum Gasteiger partial charge on any atom is 0.307 e. The molecule has 2 atom stereocenters. The lowest BCUT2D eigenvalue weighted by Gasteiger charge is -2.30. The van der Waals surface area contributed by atoms with E-state index in [1.54, 1.807) is 0 Å². The number of rotatable bonds is 6. The highest BCUT2D eigenvalue weighted by Crippen LogP contribution is 2.33. The average Bonchev–Trinajstić information content (AvgIpc) is 2.74. The number of carboxylic acids is 1. The third-order valence-corrected chi connectivity index (χ3v) is 6.09. The van der Waals surface area contributed by atoms with Crippen molar-refractivity contribution in [2.45, 2.75) is 57.7 Å². The standard InChI is InChI=1S/C12H23NO4S/c1-4-8-13(9(2)3)18(16,17)11-7-5-6-10(11)12(14)15/h9-11H,4-8H2,1-3H3,(H,14,15). The van der Waals surface area contributed by atoms with Gasteiger partial charge in [0.25, 0.3) is 0 Å². The van der Waals surface area contributed by atoms with Gasteiger partial charge in [0.05, 0.1) is 11.2 Å². The van der Waals surface area contributed by atoms with Gasteiger partial charge in [0.1, 0.15) is 0 Å². The molecule has 0 aromatic rings. The molecule has 0 aromatic heterocycles. The molecule has 1 N–H and O–H groups in total. The Bertz CT molecular complexity index is 391. The fraction of sp³-hybridized carbons (Fsp3) is 0.917. The van der Waals surface area contributed by atoms with Gasteiger partial charge in [0, 0.05) is 12.6 Å². The van der Waals surface area contributed by atoms with Crippen molar-refractivity contribution in [3.8, 4) is 0 Å². The molecule has 5 nitrogen and oxygen atoms in total. The molecule has 0 heterocycles. The predicted octanol–water partition coefficient (Wildman–Crippen LogP) is 1.69. The fourth-order valence-electron chi connectivity index (χ4n) is 2.64. The van der Waals surface area contributed by atoms with E-state index in [0.717, 1.165) is 6.42 Å². The van der Waals surface area contributed by atoms with Crippen LogP contribution in [-0.4, -0.2) is 41.6 Å². The van der Waals surface area contributed by atoms with Gasteiger partial charge in [0.2, 0.25) is 10.0 Å². The molecule has 0 aromatic carbocycles. The summed E-state index contributed by atoms with van der Waals surface area (Å²) in [6.45, 7) is 6.05. The van der Waals surface area contributed by atoms with Crippen molar-refractivity contribution >= 4 is 16.0 Å². The molecular weight excluding hydrogens is 254 g/mol. The zero-order chi connectivity index (χ0) is 13.9. The smallest absolute Gasteiger partial charge is 0.307 e. The van der Waals surface area contributed by atoms with Crippen LogP contribution in [0.5, 0.6) is 0 Å². The van der Waals surface area contributed by atoms with Gasteiger partial charge in [-0.2, -0.15) is 4.31 Å². The van der Waals surface area contributed by atoms with E-state index in [4.69, 9.17) is 5.11 Å². The van der Waals surface area contributed by atoms with Crippen molar-refractivity contribution in [3.05, 3.63) is 0 Å². The lowest BCUT2D eigenvalue weighted by Crippen LogP contribution is -2.45. The monoisotopic (exact) mass is 277 g/mol. The molecule has 0 saturated heterocycles. The molecule has 2 unspecified atom stereocenters. The Balaban J connectivity index is 3.00. The first-order valence-corrected chi connectivity index (χ1v) is 8.06. The minimum atomic E-state index is -3.50. The van der Waals surface area contributed by atoms with Crippen LogP contribution in [0.15, 0.2) is 0 Å². The number of aliphatic carboxylic acids is 1. The lowest BCUT2D eigenvalue weighted by atomic mass is 10.1. The normalized spacial score (nSPS) is 24.9. The molecular formula is C12H23NO4S. The van der Waals surface area contributed by atoms with Crippen LogP contribution in [0.2, 0.25) is 0 Å². The Labute approximate surface area is 109 Å². The van der Waals surface area contributed by atoms with Crippen LogP contribution in [0.4, 0.5) is 0 Å². The summed E-state index contributed by atoms with van der Waals surface area (Å²) in [5, 5.41) is 8.37. The minimum Gasteiger partial charge on any atom is -0.481 e. The molecule has 0 bridgehead atoms. The molecule has 0 radical (unpaired) electrons. The van der Waals surface area contributed by atoms with Crippen LogP contribution in [0.3, 0.4) is 0 Å². The second-order valence-electron chi connectivity index (χ2n) is 5.16. The van der Waals surface area contributed by atoms with Gasteiger partial charge in [-0.3, -0.25) is 4.79 Å². The van der Waals surface area contributed by atoms with Crippen LogP contribution in [-0.2, 0) is 14.8 Å². The van der Waals surface area contributed by atoms with Crippen molar-refractivity contribution in [2.75, 3.05) is 6.54 Å². The Hall–Kier alpha value is -0.620. The molecule has 6 heteroatoms. The van der Waals surface area contributed by atoms with Crippen LogP contribution in [0.25, 0.3) is 0 Å². The molecule has 1 fully saturated rings. The number of nitrogens with zero attached hydrogens (tertiary/aromatic N) is 1. The Morgan fingerprint density at radius 2 is 2.00 bits per heavy atom. The van der Waals surface area contributed by atoms with E-state index >= 15 is 0 Å². The van der Waals surface area contributed by atoms with Gasteiger partial charge < -0.3 is 5.11 Å². The third-order valence-electron chi connectivity index (χ3n) is 3.50. The fourth-order valence-corrected chi connectivity index (χ4v) is 5.14. The van der Waals surface area contributed by atoms with E-state index in [-0.39, 0.29) is 6.04 Å².